The third-order valence-corrected chi connectivity index (χ3v) is 34.7. The highest BCUT2D eigenvalue weighted by atomic mass is 32.2. The van der Waals surface area contributed by atoms with Crippen LogP contribution in [0.2, 0.25) is 0 Å². The second kappa shape index (κ2) is 42.4. The van der Waals surface area contributed by atoms with Gasteiger partial charge < -0.3 is 23.7 Å². The minimum Gasteiger partial charge on any atom is -0.481 e. The second-order valence-corrected chi connectivity index (χ2v) is 43.2. The molecule has 0 spiro atoms. The molecule has 2 unspecified atom stereocenters. The summed E-state index contributed by atoms with van der Waals surface area (Å²) in [7, 11) is -0.996. The first-order valence-electron chi connectivity index (χ1n) is 43.8. The number of fused-ring (bicyclic) bond motifs is 2. The molecule has 0 aromatic heterocycles. The fourth-order valence-electron chi connectivity index (χ4n) is 19.6. The van der Waals surface area contributed by atoms with Crippen molar-refractivity contribution in [2.45, 2.75) is 233 Å². The first-order chi connectivity index (χ1) is 60.9. The van der Waals surface area contributed by atoms with E-state index in [0.717, 1.165) is 98.6 Å². The Labute approximate surface area is 773 Å². The molecular formula is C112H121F3O10S4+4. The fourth-order valence-corrected chi connectivity index (χ4v) is 28.7. The molecule has 6 bridgehead atoms. The van der Waals surface area contributed by atoms with Crippen molar-refractivity contribution in [2.24, 2.45) is 39.4 Å². The zero-order valence-corrected chi connectivity index (χ0v) is 77.8. The van der Waals surface area contributed by atoms with E-state index in [1.807, 2.05) is 128 Å². The molecule has 12 aromatic carbocycles. The Morgan fingerprint density at radius 3 is 0.876 bits per heavy atom. The minimum absolute atomic E-state index is 0. The van der Waals surface area contributed by atoms with Crippen molar-refractivity contribution in [1.82, 2.24) is 0 Å². The smallest absolute Gasteiger partial charge is 0.392 e. The van der Waals surface area contributed by atoms with E-state index in [1.165, 1.54) is 73.1 Å². The summed E-state index contributed by atoms with van der Waals surface area (Å²) < 4.78 is 64.8. The first-order valence-corrected chi connectivity index (χ1v) is 48.7. The Bertz CT molecular complexity index is 5580. The predicted molar refractivity (Wildman–Crippen MR) is 515 cm³/mol. The van der Waals surface area contributed by atoms with Gasteiger partial charge in [-0.2, -0.15) is 13.2 Å². The van der Waals surface area contributed by atoms with Gasteiger partial charge in [0.2, 0.25) is 0 Å². The summed E-state index contributed by atoms with van der Waals surface area (Å²) >= 11 is 0. The summed E-state index contributed by atoms with van der Waals surface area (Å²) in [5, 5.41) is 0. The molecule has 0 radical (unpaired) electrons. The van der Waals surface area contributed by atoms with Gasteiger partial charge in [0, 0.05) is 66.8 Å². The number of carbonyl (C=O) groups is 5. The van der Waals surface area contributed by atoms with E-state index < -0.39 is 48.0 Å². The van der Waals surface area contributed by atoms with Crippen molar-refractivity contribution in [3.8, 4) is 23.0 Å². The molecule has 6 aliphatic rings. The quantitative estimate of drug-likeness (QED) is 0.0346. The molecule has 0 saturated heterocycles. The van der Waals surface area contributed by atoms with Gasteiger partial charge in [0.25, 0.3) is 0 Å². The number of ether oxygens (including phenoxy) is 5. The minimum atomic E-state index is -4.36. The number of hydrogen-bond acceptors (Lipinski definition) is 10. The fraction of sp³-hybridized carbons (Fsp3) is 0.312. The molecule has 6 aliphatic carbocycles. The van der Waals surface area contributed by atoms with Gasteiger partial charge in [0.15, 0.2) is 65.4 Å². The SMILES string of the molecule is C.C.CCC(=O)Oc1c(C)cc([S+](c2ccccc2)c2ccccc2)cc1C.Cc1cc([S+](c2ccccc2)c2ccccc2)cc(C)c1OC(=O)C12CC3CC(CC(C3)C1)C2.Cc1cc([S+](c2ccccc2)c2ccccc2)cc(C)c1OC(=O)C12CCC(C)(C(=O)C1)C2(C)C.Cc1cc([S+](c2ccccc2)c2ccccc2)cc(C)c1OCC(=O)OCCC(F)(F)F. The van der Waals surface area contributed by atoms with Crippen LogP contribution in [-0.4, -0.2) is 49.1 Å². The van der Waals surface area contributed by atoms with Crippen LogP contribution in [0, 0.1) is 94.8 Å². The van der Waals surface area contributed by atoms with Crippen molar-refractivity contribution in [1.29, 1.82) is 0 Å². The van der Waals surface area contributed by atoms with Crippen LogP contribution < -0.4 is 18.9 Å². The number of esters is 4. The molecule has 0 aliphatic heterocycles. The van der Waals surface area contributed by atoms with Crippen LogP contribution in [0.1, 0.15) is 158 Å². The molecule has 12 aromatic rings. The molecule has 129 heavy (non-hydrogen) atoms. The van der Waals surface area contributed by atoms with Gasteiger partial charge >= 0.3 is 30.1 Å². The number of Topliss-reactive ketones (excluding diaryl/α,β-unsaturated/α-hetero) is 1. The van der Waals surface area contributed by atoms with E-state index >= 15 is 0 Å². The highest BCUT2D eigenvalue weighted by molar-refractivity contribution is 7.98. The van der Waals surface area contributed by atoms with Gasteiger partial charge in [-0.3, -0.25) is 19.2 Å². The molecule has 17 heteroatoms. The Hall–Kier alpha value is -10.8. The Kier molecular flexibility index (Phi) is 31.9. The van der Waals surface area contributed by atoms with Crippen molar-refractivity contribution in [3.05, 3.63) is 336 Å². The summed E-state index contributed by atoms with van der Waals surface area (Å²) in [6.45, 7) is 22.8. The largest absolute Gasteiger partial charge is 0.481 e. The van der Waals surface area contributed by atoms with Gasteiger partial charge in [-0.1, -0.05) is 188 Å². The molecule has 6 fully saturated rings. The van der Waals surface area contributed by atoms with Crippen LogP contribution in [-0.2, 0) is 72.3 Å². The topological polar surface area (TPSA) is 132 Å². The van der Waals surface area contributed by atoms with E-state index in [9.17, 15) is 37.1 Å². The number of aryl methyl sites for hydroxylation is 8. The Morgan fingerprint density at radius 1 is 0.364 bits per heavy atom. The first kappa shape index (κ1) is 97.2. The lowest BCUT2D eigenvalue weighted by Crippen LogP contribution is -2.51. The third-order valence-electron chi connectivity index (χ3n) is 26.0. The van der Waals surface area contributed by atoms with Gasteiger partial charge in [0.1, 0.15) is 35.4 Å². The van der Waals surface area contributed by atoms with Gasteiger partial charge in [0.05, 0.1) is 60.8 Å². The molecular weight excluding hydrogens is 1690 g/mol. The number of benzene rings is 12. The molecule has 2 atom stereocenters. The lowest BCUT2D eigenvalue weighted by Gasteiger charge is -2.55. The van der Waals surface area contributed by atoms with Crippen molar-refractivity contribution in [3.63, 3.8) is 0 Å². The van der Waals surface area contributed by atoms with Crippen LogP contribution in [0.3, 0.4) is 0 Å². The molecule has 18 rings (SSSR count). The summed E-state index contributed by atoms with van der Waals surface area (Å²) in [5.41, 5.74) is 5.82. The highest BCUT2D eigenvalue weighted by Gasteiger charge is 2.73. The van der Waals surface area contributed by atoms with E-state index in [0.29, 0.717) is 30.1 Å². The van der Waals surface area contributed by atoms with E-state index in [-0.39, 0.29) is 94.0 Å². The lowest BCUT2D eigenvalue weighted by molar-refractivity contribution is -0.162. The zero-order chi connectivity index (χ0) is 90.0. The van der Waals surface area contributed by atoms with Crippen LogP contribution >= 0.6 is 0 Å². The van der Waals surface area contributed by atoms with E-state index in [4.69, 9.17) is 18.9 Å². The van der Waals surface area contributed by atoms with Crippen molar-refractivity contribution in [2.75, 3.05) is 13.2 Å². The third kappa shape index (κ3) is 21.9. The summed E-state index contributed by atoms with van der Waals surface area (Å²) in [4.78, 5) is 78.4. The van der Waals surface area contributed by atoms with Gasteiger partial charge in [-0.15, -0.1) is 0 Å². The van der Waals surface area contributed by atoms with Gasteiger partial charge in [-0.25, -0.2) is 4.79 Å². The van der Waals surface area contributed by atoms with Crippen molar-refractivity contribution >= 4 is 73.2 Å². The monoisotopic (exact) mass is 1810 g/mol. The van der Waals surface area contributed by atoms with Crippen LogP contribution in [0.4, 0.5) is 13.2 Å². The normalized spacial score (nSPS) is 18.9. The molecule has 6 saturated carbocycles. The van der Waals surface area contributed by atoms with E-state index in [2.05, 4.69) is 251 Å². The van der Waals surface area contributed by atoms with Crippen LogP contribution in [0.5, 0.6) is 23.0 Å². The lowest BCUT2D eigenvalue weighted by atomic mass is 9.49. The van der Waals surface area contributed by atoms with Gasteiger partial charge in [-0.05, 0) is 271 Å². The van der Waals surface area contributed by atoms with E-state index in [1.54, 1.807) is 0 Å². The van der Waals surface area contributed by atoms with Crippen LogP contribution in [0.15, 0.2) is 350 Å². The number of halogens is 3. The maximum Gasteiger partial charge on any atom is 0.392 e. The second-order valence-electron chi connectivity index (χ2n) is 35.1. The van der Waals surface area contributed by atoms with Crippen molar-refractivity contribution < 1.29 is 60.8 Å². The number of rotatable bonds is 23. The number of alkyl halides is 3. The summed E-state index contributed by atoms with van der Waals surface area (Å²) in [6.07, 6.45) is 3.71. The average molecular weight is 1810 g/mol. The molecule has 0 N–H and O–H groups in total. The molecule has 0 amide bonds. The number of ketones is 1. The summed E-state index contributed by atoms with van der Waals surface area (Å²) in [5.74, 6) is 3.79. The molecule has 0 heterocycles. The average Bonchev–Trinajstić information content (AvgIpc) is 1.53. The molecule has 670 valence electrons. The maximum absolute atomic E-state index is 13.7. The number of carbonyl (C=O) groups excluding carboxylic acids is 5. The predicted octanol–water partition coefficient (Wildman–Crippen LogP) is 27.9. The maximum atomic E-state index is 13.7. The molecule has 10 nitrogen and oxygen atoms in total. The zero-order valence-electron chi connectivity index (χ0n) is 74.5. The summed E-state index contributed by atoms with van der Waals surface area (Å²) in [6, 6.07) is 101. The Balaban J connectivity index is 0.000000156. The Morgan fingerprint density at radius 2 is 0.628 bits per heavy atom. The highest BCUT2D eigenvalue weighted by Crippen LogP contribution is 2.71. The van der Waals surface area contributed by atoms with Crippen LogP contribution in [0.25, 0.3) is 0 Å². The standard InChI is InChI=1S/C31H33O3S.C31H33O2S.C25H24F3O3S.C23H23O2S.2CH4/c1-21-18-25(35(23-12-8-6-9-13-23)24-14-10-7-11-15-24)19-22(2)27(21)34-28(33)31-17-16-30(5,26(32)20-31)29(31,3)4;1-21-13-28(34(26-9-5-3-6-10-26)27-11-7-4-8-12-27)14-22(2)29(21)33-30(32)31-18-23-15-24(19-31)17-25(16-23)20-31;1-18-15-22(32(20-9-5-3-6-10-20)21-11-7-4-8-12-21)16-19(2)24(18)31-17-23(29)30-14-13-25(26,27)28;1-4-22(24)25-23-17(2)15-21(16-18(23)3)26(19-11-7-5-8-12-19)20-13-9-6-10-14-20;;/h6-15,18-19H,16-17,20H2,1-5H3;3-14,23-25H,15-20H2,1-2H3;3-12,15-16H,13-14,17H2,1-2H3;5-16H,4H2,1-3H3;2*1H4/q4*+1;;. The number of hydrogen-bond donors (Lipinski definition) is 0.